The van der Waals surface area contributed by atoms with Crippen molar-refractivity contribution in [2.24, 2.45) is 0 Å². The summed E-state index contributed by atoms with van der Waals surface area (Å²) in [5.74, 6) is -0.364. The van der Waals surface area contributed by atoms with Gasteiger partial charge in [-0.2, -0.15) is 0 Å². The molecule has 0 aliphatic carbocycles. The molecule has 0 radical (unpaired) electrons. The van der Waals surface area contributed by atoms with Gasteiger partial charge in [0.1, 0.15) is 17.1 Å². The molecule has 2 aromatic carbocycles. The topological polar surface area (TPSA) is 98.1 Å². The number of pyridine rings is 2. The van der Waals surface area contributed by atoms with Gasteiger partial charge in [-0.3, -0.25) is 9.59 Å². The van der Waals surface area contributed by atoms with Crippen LogP contribution in [0.2, 0.25) is 0 Å². The number of amides is 1. The predicted molar refractivity (Wildman–Crippen MR) is 137 cm³/mol. The van der Waals surface area contributed by atoms with E-state index < -0.39 is 15.3 Å². The lowest BCUT2D eigenvalue weighted by atomic mass is 10.1. The summed E-state index contributed by atoms with van der Waals surface area (Å²) in [7, 11) is -4.13. The van der Waals surface area contributed by atoms with Crippen LogP contribution in [0.4, 0.5) is 5.69 Å². The average molecular weight is 490 g/mol. The number of rotatable bonds is 6. The van der Waals surface area contributed by atoms with Crippen molar-refractivity contribution in [2.45, 2.75) is 50.5 Å². The zero-order valence-electron chi connectivity index (χ0n) is 20.1. The van der Waals surface area contributed by atoms with Crippen molar-refractivity contribution in [3.63, 3.8) is 0 Å². The van der Waals surface area contributed by atoms with E-state index in [0.717, 1.165) is 23.1 Å². The molecule has 0 saturated carbocycles. The standard InChI is InChI=1S/C27H27N3O4S/c1-5-20-8-10-21(11-9-20)29-25(31)16-30-15-24(26(32)23-13-7-19(4)28-27(23)30)35(33,34)22-12-6-17(2)18(3)14-22/h6-15H,5,16H2,1-4H3,(H,29,31). The zero-order valence-corrected chi connectivity index (χ0v) is 20.9. The highest BCUT2D eigenvalue weighted by atomic mass is 32.2. The van der Waals surface area contributed by atoms with Crippen molar-refractivity contribution in [1.29, 1.82) is 0 Å². The number of carbonyl (C=O) groups excluding carboxylic acids is 1. The highest BCUT2D eigenvalue weighted by Crippen LogP contribution is 2.23. The molecule has 0 fully saturated rings. The zero-order chi connectivity index (χ0) is 25.3. The van der Waals surface area contributed by atoms with E-state index in [0.29, 0.717) is 11.4 Å². The van der Waals surface area contributed by atoms with Gasteiger partial charge < -0.3 is 9.88 Å². The lowest BCUT2D eigenvalue weighted by molar-refractivity contribution is -0.116. The second-order valence-electron chi connectivity index (χ2n) is 8.62. The molecule has 0 atom stereocenters. The molecular formula is C27H27N3O4S. The first-order chi connectivity index (χ1) is 16.6. The van der Waals surface area contributed by atoms with Crippen LogP contribution < -0.4 is 10.7 Å². The molecule has 0 spiro atoms. The molecular weight excluding hydrogens is 462 g/mol. The van der Waals surface area contributed by atoms with Gasteiger partial charge in [0.25, 0.3) is 0 Å². The number of anilines is 1. The Balaban J connectivity index is 1.79. The summed E-state index contributed by atoms with van der Waals surface area (Å²) >= 11 is 0. The number of aryl methyl sites for hydroxylation is 4. The number of sulfone groups is 1. The molecule has 2 heterocycles. The first-order valence-electron chi connectivity index (χ1n) is 11.3. The Morgan fingerprint density at radius 1 is 0.971 bits per heavy atom. The maximum Gasteiger partial charge on any atom is 0.244 e. The lowest BCUT2D eigenvalue weighted by Crippen LogP contribution is -2.24. The molecule has 0 bridgehead atoms. The van der Waals surface area contributed by atoms with Gasteiger partial charge in [0.15, 0.2) is 0 Å². The minimum Gasteiger partial charge on any atom is -0.325 e. The summed E-state index contributed by atoms with van der Waals surface area (Å²) in [4.78, 5) is 30.2. The van der Waals surface area contributed by atoms with Crippen molar-refractivity contribution in [3.05, 3.63) is 93.4 Å². The van der Waals surface area contributed by atoms with Gasteiger partial charge in [0.05, 0.1) is 10.3 Å². The van der Waals surface area contributed by atoms with Crippen LogP contribution in [-0.4, -0.2) is 23.9 Å². The van der Waals surface area contributed by atoms with Crippen LogP contribution in [0.3, 0.4) is 0 Å². The van der Waals surface area contributed by atoms with Crippen molar-refractivity contribution in [2.75, 3.05) is 5.32 Å². The average Bonchev–Trinajstić information content (AvgIpc) is 2.82. The maximum atomic E-state index is 13.5. The number of nitrogens with one attached hydrogen (secondary N) is 1. The summed E-state index contributed by atoms with van der Waals surface area (Å²) in [6.45, 7) is 7.31. The van der Waals surface area contributed by atoms with Crippen LogP contribution in [0.5, 0.6) is 0 Å². The molecule has 1 N–H and O–H groups in total. The molecule has 8 heteroatoms. The minimum atomic E-state index is -4.13. The summed E-state index contributed by atoms with van der Waals surface area (Å²) in [6.07, 6.45) is 2.11. The van der Waals surface area contributed by atoms with E-state index in [2.05, 4.69) is 10.3 Å². The van der Waals surface area contributed by atoms with E-state index in [1.54, 1.807) is 31.2 Å². The van der Waals surface area contributed by atoms with Crippen molar-refractivity contribution >= 4 is 32.5 Å². The third-order valence-corrected chi connectivity index (χ3v) is 7.81. The second kappa shape index (κ2) is 9.46. The summed E-state index contributed by atoms with van der Waals surface area (Å²) < 4.78 is 28.4. The van der Waals surface area contributed by atoms with Gasteiger partial charge in [-0.15, -0.1) is 0 Å². The Bertz CT molecular complexity index is 1600. The Kier molecular flexibility index (Phi) is 6.58. The Morgan fingerprint density at radius 2 is 1.69 bits per heavy atom. The maximum absolute atomic E-state index is 13.5. The van der Waals surface area contributed by atoms with Crippen molar-refractivity contribution in [1.82, 2.24) is 9.55 Å². The highest BCUT2D eigenvalue weighted by molar-refractivity contribution is 7.91. The number of benzene rings is 2. The first-order valence-corrected chi connectivity index (χ1v) is 12.8. The Morgan fingerprint density at radius 3 is 2.34 bits per heavy atom. The number of nitrogens with zero attached hydrogens (tertiary/aromatic N) is 2. The monoisotopic (exact) mass is 489 g/mol. The lowest BCUT2D eigenvalue weighted by Gasteiger charge is -2.14. The molecule has 2 aromatic heterocycles. The predicted octanol–water partition coefficient (Wildman–Crippen LogP) is 4.36. The Labute approximate surface area is 204 Å². The van der Waals surface area contributed by atoms with E-state index in [4.69, 9.17) is 0 Å². The Hall–Kier alpha value is -3.78. The third-order valence-electron chi connectivity index (χ3n) is 6.07. The molecule has 0 unspecified atom stereocenters. The fourth-order valence-corrected chi connectivity index (χ4v) is 5.29. The van der Waals surface area contributed by atoms with E-state index >= 15 is 0 Å². The number of aromatic nitrogens is 2. The van der Waals surface area contributed by atoms with Gasteiger partial charge in [-0.25, -0.2) is 13.4 Å². The van der Waals surface area contributed by atoms with E-state index in [1.165, 1.54) is 16.8 Å². The normalized spacial score (nSPS) is 11.5. The van der Waals surface area contributed by atoms with Crippen LogP contribution >= 0.6 is 0 Å². The number of hydrogen-bond acceptors (Lipinski definition) is 5. The molecule has 7 nitrogen and oxygen atoms in total. The van der Waals surface area contributed by atoms with Gasteiger partial charge in [0, 0.05) is 17.6 Å². The summed E-state index contributed by atoms with van der Waals surface area (Å²) in [6, 6.07) is 15.5. The van der Waals surface area contributed by atoms with Gasteiger partial charge in [-0.05, 0) is 80.3 Å². The van der Waals surface area contributed by atoms with Crippen LogP contribution in [0.25, 0.3) is 11.0 Å². The van der Waals surface area contributed by atoms with Crippen LogP contribution in [0, 0.1) is 20.8 Å². The van der Waals surface area contributed by atoms with E-state index in [9.17, 15) is 18.0 Å². The second-order valence-corrected chi connectivity index (χ2v) is 10.5. The molecule has 0 saturated heterocycles. The number of fused-ring (bicyclic) bond motifs is 1. The van der Waals surface area contributed by atoms with Crippen molar-refractivity contribution in [3.8, 4) is 0 Å². The van der Waals surface area contributed by atoms with Gasteiger partial charge >= 0.3 is 0 Å². The summed E-state index contributed by atoms with van der Waals surface area (Å²) in [5, 5.41) is 2.96. The molecule has 180 valence electrons. The van der Waals surface area contributed by atoms with Gasteiger partial charge in [0.2, 0.25) is 21.2 Å². The molecule has 0 aliphatic heterocycles. The molecule has 4 rings (SSSR count). The van der Waals surface area contributed by atoms with Gasteiger partial charge in [-0.1, -0.05) is 25.1 Å². The third kappa shape index (κ3) is 4.88. The molecule has 4 aromatic rings. The van der Waals surface area contributed by atoms with E-state index in [1.807, 2.05) is 45.0 Å². The largest absolute Gasteiger partial charge is 0.325 e. The number of hydrogen-bond donors (Lipinski definition) is 1. The van der Waals surface area contributed by atoms with Crippen LogP contribution in [0.1, 0.15) is 29.3 Å². The SMILES string of the molecule is CCc1ccc(NC(=O)Cn2cc(S(=O)(=O)c3ccc(C)c(C)c3)c(=O)c3ccc(C)nc32)cc1. The quantitative estimate of drug-likeness (QED) is 0.434. The number of carbonyl (C=O) groups is 1. The van der Waals surface area contributed by atoms with Crippen molar-refractivity contribution < 1.29 is 13.2 Å². The fraction of sp³-hybridized carbons (Fsp3) is 0.222. The fourth-order valence-electron chi connectivity index (χ4n) is 3.83. The smallest absolute Gasteiger partial charge is 0.244 e. The summed E-state index contributed by atoms with van der Waals surface area (Å²) in [5.41, 5.74) is 3.79. The van der Waals surface area contributed by atoms with Crippen LogP contribution in [-0.2, 0) is 27.6 Å². The minimum absolute atomic E-state index is 0.0316. The molecule has 35 heavy (non-hydrogen) atoms. The molecule has 0 aliphatic rings. The van der Waals surface area contributed by atoms with E-state index in [-0.39, 0.29) is 33.3 Å². The highest BCUT2D eigenvalue weighted by Gasteiger charge is 2.25. The molecule has 1 amide bonds. The first kappa shape index (κ1) is 24.3. The van der Waals surface area contributed by atoms with Crippen LogP contribution in [0.15, 0.2) is 75.4 Å².